The van der Waals surface area contributed by atoms with Gasteiger partial charge in [-0.25, -0.2) is 0 Å². The Balaban J connectivity index is 1.38. The summed E-state index contributed by atoms with van der Waals surface area (Å²) in [7, 11) is 0. The summed E-state index contributed by atoms with van der Waals surface area (Å²) in [4.78, 5) is 2.62. The lowest BCUT2D eigenvalue weighted by atomic mass is 10.0. The molecule has 3 heteroatoms. The third-order valence-electron chi connectivity index (χ3n) is 5.22. The summed E-state index contributed by atoms with van der Waals surface area (Å²) in [5, 5.41) is 1.32. The largest absolute Gasteiger partial charge is 0.344 e. The Labute approximate surface area is 152 Å². The van der Waals surface area contributed by atoms with Gasteiger partial charge in [-0.2, -0.15) is 0 Å². The molecule has 2 nitrogen and oxygen atoms in total. The molecule has 0 atom stereocenters. The van der Waals surface area contributed by atoms with Gasteiger partial charge in [-0.15, -0.1) is 0 Å². The molecule has 0 amide bonds. The van der Waals surface area contributed by atoms with Crippen molar-refractivity contribution in [3.8, 4) is 0 Å². The standard InChI is InChI=1S/C21H23BrN2/c22-20-7-4-8-21-19(20)12-16-24(21)18-10-14-23(15-11-18)13-9-17-5-2-1-3-6-17/h1-8,12,16,18H,9-11,13-15H2. The van der Waals surface area contributed by atoms with E-state index in [9.17, 15) is 0 Å². The molecule has 4 rings (SSSR count). The van der Waals surface area contributed by atoms with Gasteiger partial charge in [-0.05, 0) is 43.0 Å². The molecule has 3 aromatic rings. The average molecular weight is 383 g/mol. The highest BCUT2D eigenvalue weighted by Crippen LogP contribution is 2.31. The summed E-state index contributed by atoms with van der Waals surface area (Å²) < 4.78 is 3.67. The molecule has 0 saturated carbocycles. The number of hydrogen-bond acceptors (Lipinski definition) is 1. The number of fused-ring (bicyclic) bond motifs is 1. The van der Waals surface area contributed by atoms with Crippen molar-refractivity contribution in [3.05, 3.63) is 70.8 Å². The predicted molar refractivity (Wildman–Crippen MR) is 104 cm³/mol. The minimum absolute atomic E-state index is 0.629. The Kier molecular flexibility index (Phi) is 4.72. The minimum Gasteiger partial charge on any atom is -0.344 e. The van der Waals surface area contributed by atoms with E-state index in [0.717, 1.165) is 6.42 Å². The van der Waals surface area contributed by atoms with Crippen LogP contribution in [0.4, 0.5) is 0 Å². The summed E-state index contributed by atoms with van der Waals surface area (Å²) in [5.74, 6) is 0. The van der Waals surface area contributed by atoms with Crippen molar-refractivity contribution in [2.75, 3.05) is 19.6 Å². The molecule has 0 radical (unpaired) electrons. The second-order valence-corrected chi connectivity index (χ2v) is 7.56. The highest BCUT2D eigenvalue weighted by atomic mass is 79.9. The van der Waals surface area contributed by atoms with E-state index in [0.29, 0.717) is 6.04 Å². The molecule has 0 N–H and O–H groups in total. The predicted octanol–water partition coefficient (Wildman–Crippen LogP) is 5.28. The zero-order chi connectivity index (χ0) is 16.4. The van der Waals surface area contributed by atoms with E-state index in [2.05, 4.69) is 86.2 Å². The molecule has 1 saturated heterocycles. The maximum atomic E-state index is 3.66. The van der Waals surface area contributed by atoms with E-state index >= 15 is 0 Å². The molecule has 0 unspecified atom stereocenters. The summed E-state index contributed by atoms with van der Waals surface area (Å²) in [6.45, 7) is 3.57. The molecule has 124 valence electrons. The van der Waals surface area contributed by atoms with Gasteiger partial charge < -0.3 is 9.47 Å². The van der Waals surface area contributed by atoms with Crippen LogP contribution in [0.25, 0.3) is 10.9 Å². The van der Waals surface area contributed by atoms with E-state index in [1.165, 1.54) is 53.4 Å². The molecule has 0 bridgehead atoms. The van der Waals surface area contributed by atoms with Crippen LogP contribution < -0.4 is 0 Å². The van der Waals surface area contributed by atoms with Gasteiger partial charge in [0.1, 0.15) is 0 Å². The highest BCUT2D eigenvalue weighted by Gasteiger charge is 2.21. The summed E-state index contributed by atoms with van der Waals surface area (Å²) in [6, 6.07) is 20.2. The zero-order valence-electron chi connectivity index (χ0n) is 13.9. The topological polar surface area (TPSA) is 8.17 Å². The fraction of sp³-hybridized carbons (Fsp3) is 0.333. The smallest absolute Gasteiger partial charge is 0.0494 e. The van der Waals surface area contributed by atoms with Crippen LogP contribution in [-0.2, 0) is 6.42 Å². The molecule has 1 aliphatic heterocycles. The first kappa shape index (κ1) is 15.9. The van der Waals surface area contributed by atoms with Crippen molar-refractivity contribution < 1.29 is 0 Å². The molecule has 2 aromatic carbocycles. The Hall–Kier alpha value is -1.58. The molecule has 24 heavy (non-hydrogen) atoms. The van der Waals surface area contributed by atoms with Gasteiger partial charge in [0.15, 0.2) is 0 Å². The van der Waals surface area contributed by atoms with Gasteiger partial charge in [-0.3, -0.25) is 0 Å². The van der Waals surface area contributed by atoms with Crippen LogP contribution >= 0.6 is 15.9 Å². The van der Waals surface area contributed by atoms with Gasteiger partial charge in [0.05, 0.1) is 0 Å². The summed E-state index contributed by atoms with van der Waals surface area (Å²) in [6.07, 6.45) is 5.90. The van der Waals surface area contributed by atoms with E-state index in [1.54, 1.807) is 0 Å². The maximum Gasteiger partial charge on any atom is 0.0494 e. The lowest BCUT2D eigenvalue weighted by molar-refractivity contribution is 0.190. The van der Waals surface area contributed by atoms with Crippen molar-refractivity contribution >= 4 is 26.8 Å². The number of rotatable bonds is 4. The monoisotopic (exact) mass is 382 g/mol. The first-order valence-corrected chi connectivity index (χ1v) is 9.62. The molecule has 2 heterocycles. The van der Waals surface area contributed by atoms with Crippen molar-refractivity contribution in [2.24, 2.45) is 0 Å². The summed E-state index contributed by atoms with van der Waals surface area (Å²) >= 11 is 3.66. The number of aromatic nitrogens is 1. The SMILES string of the molecule is Brc1cccc2c1ccn2C1CCN(CCc2ccccc2)CC1. The van der Waals surface area contributed by atoms with Crippen LogP contribution in [0.2, 0.25) is 0 Å². The molecule has 1 aliphatic rings. The van der Waals surface area contributed by atoms with Gasteiger partial charge in [0.2, 0.25) is 0 Å². The van der Waals surface area contributed by atoms with Crippen LogP contribution in [0, 0.1) is 0 Å². The highest BCUT2D eigenvalue weighted by molar-refractivity contribution is 9.10. The van der Waals surface area contributed by atoms with Gasteiger partial charge in [0, 0.05) is 47.2 Å². The van der Waals surface area contributed by atoms with Crippen molar-refractivity contribution in [2.45, 2.75) is 25.3 Å². The first-order chi connectivity index (χ1) is 11.8. The second kappa shape index (κ2) is 7.12. The van der Waals surface area contributed by atoms with Gasteiger partial charge in [0.25, 0.3) is 0 Å². The van der Waals surface area contributed by atoms with E-state index in [4.69, 9.17) is 0 Å². The molecule has 0 aliphatic carbocycles. The fourth-order valence-electron chi connectivity index (χ4n) is 3.82. The van der Waals surface area contributed by atoms with E-state index in [-0.39, 0.29) is 0 Å². The van der Waals surface area contributed by atoms with Gasteiger partial charge in [-0.1, -0.05) is 52.3 Å². The normalized spacial score (nSPS) is 16.7. The van der Waals surface area contributed by atoms with Crippen LogP contribution in [0.1, 0.15) is 24.4 Å². The lowest BCUT2D eigenvalue weighted by Gasteiger charge is -2.33. The minimum atomic E-state index is 0.629. The molecular formula is C21H23BrN2. The Bertz CT molecular complexity index is 801. The van der Waals surface area contributed by atoms with Crippen molar-refractivity contribution in [3.63, 3.8) is 0 Å². The third kappa shape index (κ3) is 3.28. The fourth-order valence-corrected chi connectivity index (χ4v) is 4.31. The molecule has 1 fully saturated rings. The number of nitrogens with zero attached hydrogens (tertiary/aromatic N) is 2. The third-order valence-corrected chi connectivity index (χ3v) is 5.91. The molecule has 0 spiro atoms. The molecular weight excluding hydrogens is 360 g/mol. The van der Waals surface area contributed by atoms with E-state index in [1.807, 2.05) is 0 Å². The van der Waals surface area contributed by atoms with Crippen LogP contribution in [0.3, 0.4) is 0 Å². The number of piperidine rings is 1. The number of halogens is 1. The van der Waals surface area contributed by atoms with Crippen molar-refractivity contribution in [1.29, 1.82) is 0 Å². The van der Waals surface area contributed by atoms with Crippen LogP contribution in [0.15, 0.2) is 65.3 Å². The Morgan fingerprint density at radius 2 is 1.71 bits per heavy atom. The second-order valence-electron chi connectivity index (χ2n) is 6.70. The van der Waals surface area contributed by atoms with E-state index < -0.39 is 0 Å². The number of benzene rings is 2. The van der Waals surface area contributed by atoms with Crippen LogP contribution in [-0.4, -0.2) is 29.1 Å². The first-order valence-electron chi connectivity index (χ1n) is 8.82. The molecule has 1 aromatic heterocycles. The zero-order valence-corrected chi connectivity index (χ0v) is 15.5. The lowest BCUT2D eigenvalue weighted by Crippen LogP contribution is -2.35. The van der Waals surface area contributed by atoms with Crippen molar-refractivity contribution in [1.82, 2.24) is 9.47 Å². The van der Waals surface area contributed by atoms with Crippen LogP contribution in [0.5, 0.6) is 0 Å². The average Bonchev–Trinajstić information content (AvgIpc) is 3.07. The summed E-state index contributed by atoms with van der Waals surface area (Å²) in [5.41, 5.74) is 2.80. The Morgan fingerprint density at radius 1 is 0.917 bits per heavy atom. The van der Waals surface area contributed by atoms with Gasteiger partial charge >= 0.3 is 0 Å². The maximum absolute atomic E-state index is 3.66. The Morgan fingerprint density at radius 3 is 2.50 bits per heavy atom. The number of likely N-dealkylation sites (tertiary alicyclic amines) is 1. The number of hydrogen-bond donors (Lipinski definition) is 0. The quantitative estimate of drug-likeness (QED) is 0.595.